The van der Waals surface area contributed by atoms with Gasteiger partial charge in [0.25, 0.3) is 0 Å². The summed E-state index contributed by atoms with van der Waals surface area (Å²) >= 11 is 0. The molecular weight excluding hydrogens is 364 g/mol. The van der Waals surface area contributed by atoms with Gasteiger partial charge in [-0.3, -0.25) is 13.8 Å². The average Bonchev–Trinajstić information content (AvgIpc) is 2.63. The molecular formula is C20H26N2O4S. The predicted octanol–water partition coefficient (Wildman–Crippen LogP) is 3.06. The molecule has 1 amide bonds. The molecule has 0 aliphatic carbocycles. The van der Waals surface area contributed by atoms with Crippen LogP contribution in [0.25, 0.3) is 0 Å². The van der Waals surface area contributed by atoms with Gasteiger partial charge in [-0.1, -0.05) is 19.1 Å². The van der Waals surface area contributed by atoms with Gasteiger partial charge in [0.2, 0.25) is 11.3 Å². The number of aromatic amines is 1. The molecule has 0 spiro atoms. The molecule has 1 aromatic heterocycles. The van der Waals surface area contributed by atoms with Crippen LogP contribution in [0.2, 0.25) is 0 Å². The zero-order valence-electron chi connectivity index (χ0n) is 16.1. The average molecular weight is 391 g/mol. The molecule has 0 saturated carbocycles. The van der Waals surface area contributed by atoms with Crippen LogP contribution in [0.15, 0.2) is 35.3 Å². The van der Waals surface area contributed by atoms with Crippen molar-refractivity contribution >= 4 is 22.4 Å². The zero-order chi connectivity index (χ0) is 20.0. The van der Waals surface area contributed by atoms with Crippen LogP contribution in [-0.4, -0.2) is 27.0 Å². The quantitative estimate of drug-likeness (QED) is 0.725. The lowest BCUT2D eigenvalue weighted by molar-refractivity contribution is -0.115. The van der Waals surface area contributed by atoms with E-state index in [1.807, 2.05) is 39.0 Å². The fraction of sp³-hybridized carbons (Fsp3) is 0.400. The third kappa shape index (κ3) is 5.79. The number of benzene rings is 1. The van der Waals surface area contributed by atoms with Crippen molar-refractivity contribution in [1.82, 2.24) is 4.98 Å². The lowest BCUT2D eigenvalue weighted by atomic mass is 10.1. The maximum absolute atomic E-state index is 12.6. The molecule has 0 radical (unpaired) electrons. The Morgan fingerprint density at radius 2 is 2.04 bits per heavy atom. The largest absolute Gasteiger partial charge is 0.488 e. The van der Waals surface area contributed by atoms with Crippen LogP contribution in [0.3, 0.4) is 0 Å². The number of anilines is 1. The minimum atomic E-state index is -1.47. The van der Waals surface area contributed by atoms with E-state index in [0.29, 0.717) is 12.3 Å². The maximum Gasteiger partial charge on any atom is 0.239 e. The molecule has 0 aliphatic heterocycles. The summed E-state index contributed by atoms with van der Waals surface area (Å²) in [6.45, 7) is 7.89. The highest BCUT2D eigenvalue weighted by atomic mass is 32.2. The smallest absolute Gasteiger partial charge is 0.239 e. The summed E-state index contributed by atoms with van der Waals surface area (Å²) in [6, 6.07) is 7.16. The number of pyridine rings is 1. The Bertz CT molecular complexity index is 892. The first-order chi connectivity index (χ1) is 12.8. The van der Waals surface area contributed by atoms with E-state index < -0.39 is 16.0 Å². The van der Waals surface area contributed by atoms with Crippen molar-refractivity contribution in [1.29, 1.82) is 0 Å². The summed E-state index contributed by atoms with van der Waals surface area (Å²) in [5.41, 5.74) is 2.94. The third-order valence-electron chi connectivity index (χ3n) is 4.11. The number of carbonyl (C=O) groups is 1. The van der Waals surface area contributed by atoms with E-state index in [1.165, 1.54) is 12.3 Å². The van der Waals surface area contributed by atoms with Crippen molar-refractivity contribution in [2.24, 2.45) is 0 Å². The minimum Gasteiger partial charge on any atom is -0.488 e. The molecule has 1 aromatic carbocycles. The summed E-state index contributed by atoms with van der Waals surface area (Å²) in [6.07, 6.45) is 2.28. The first-order valence-corrected chi connectivity index (χ1v) is 10.3. The molecule has 0 aliphatic rings. The van der Waals surface area contributed by atoms with Gasteiger partial charge in [0.05, 0.1) is 12.4 Å². The third-order valence-corrected chi connectivity index (χ3v) is 5.71. The van der Waals surface area contributed by atoms with Crippen LogP contribution in [-0.2, 0) is 21.3 Å². The molecule has 146 valence electrons. The lowest BCUT2D eigenvalue weighted by Crippen LogP contribution is -2.30. The van der Waals surface area contributed by atoms with Crippen molar-refractivity contribution in [3.05, 3.63) is 57.5 Å². The van der Waals surface area contributed by atoms with E-state index in [4.69, 9.17) is 4.74 Å². The van der Waals surface area contributed by atoms with Gasteiger partial charge < -0.3 is 15.0 Å². The highest BCUT2D eigenvalue weighted by Crippen LogP contribution is 2.17. The SMILES string of the molecule is CCCOc1c[nH]c(CS(=O)C(C)C(=O)Nc2cc(C)ccc2C)cc1=O. The number of rotatable bonds is 8. The second kappa shape index (κ2) is 9.50. The van der Waals surface area contributed by atoms with Gasteiger partial charge in [-0.25, -0.2) is 0 Å². The molecule has 2 unspecified atom stereocenters. The highest BCUT2D eigenvalue weighted by Gasteiger charge is 2.21. The second-order valence-corrected chi connectivity index (χ2v) is 8.27. The van der Waals surface area contributed by atoms with Crippen molar-refractivity contribution in [2.45, 2.75) is 45.1 Å². The summed E-state index contributed by atoms with van der Waals surface area (Å²) < 4.78 is 17.9. The van der Waals surface area contributed by atoms with E-state index in [0.717, 1.165) is 23.2 Å². The number of amides is 1. The number of aromatic nitrogens is 1. The first kappa shape index (κ1) is 20.9. The molecule has 0 fully saturated rings. The Labute approximate surface area is 161 Å². The van der Waals surface area contributed by atoms with Crippen molar-refractivity contribution in [3.63, 3.8) is 0 Å². The Morgan fingerprint density at radius 3 is 2.70 bits per heavy atom. The number of carbonyl (C=O) groups excluding carboxylic acids is 1. The summed E-state index contributed by atoms with van der Waals surface area (Å²) in [5.74, 6) is 0.0180. The standard InChI is InChI=1S/C20H26N2O4S/c1-5-8-26-19-11-21-16(10-18(19)23)12-27(25)15(4)20(24)22-17-9-13(2)6-7-14(17)3/h6-7,9-11,15H,5,8,12H2,1-4H3,(H,21,23)(H,22,24). The van der Waals surface area contributed by atoms with Gasteiger partial charge in [0, 0.05) is 34.4 Å². The number of aryl methyl sites for hydroxylation is 2. The van der Waals surface area contributed by atoms with E-state index in [2.05, 4.69) is 10.3 Å². The Hall–Kier alpha value is -2.41. The fourth-order valence-corrected chi connectivity index (χ4v) is 3.43. The Balaban J connectivity index is 2.02. The van der Waals surface area contributed by atoms with Gasteiger partial charge >= 0.3 is 0 Å². The molecule has 0 bridgehead atoms. The number of ether oxygens (including phenoxy) is 1. The molecule has 2 rings (SSSR count). The molecule has 1 heterocycles. The van der Waals surface area contributed by atoms with Gasteiger partial charge in [-0.15, -0.1) is 0 Å². The molecule has 6 nitrogen and oxygen atoms in total. The Kier molecular flexibility index (Phi) is 7.36. The zero-order valence-corrected chi connectivity index (χ0v) is 16.9. The van der Waals surface area contributed by atoms with Gasteiger partial charge in [0.1, 0.15) is 5.25 Å². The lowest BCUT2D eigenvalue weighted by Gasteiger charge is -2.14. The first-order valence-electron chi connectivity index (χ1n) is 8.91. The number of nitrogens with one attached hydrogen (secondary N) is 2. The fourth-order valence-electron chi connectivity index (χ4n) is 2.41. The predicted molar refractivity (Wildman–Crippen MR) is 109 cm³/mol. The van der Waals surface area contributed by atoms with Crippen LogP contribution in [0, 0.1) is 13.8 Å². The van der Waals surface area contributed by atoms with Gasteiger partial charge in [0.15, 0.2) is 5.75 Å². The van der Waals surface area contributed by atoms with Crippen LogP contribution >= 0.6 is 0 Å². The van der Waals surface area contributed by atoms with Gasteiger partial charge in [-0.05, 0) is 44.4 Å². The molecule has 2 N–H and O–H groups in total. The molecule has 7 heteroatoms. The second-order valence-electron chi connectivity index (χ2n) is 6.51. The van der Waals surface area contributed by atoms with Crippen LogP contribution in [0.4, 0.5) is 5.69 Å². The van der Waals surface area contributed by atoms with E-state index in [9.17, 15) is 13.8 Å². The van der Waals surface area contributed by atoms with Crippen LogP contribution in [0.1, 0.15) is 37.1 Å². The van der Waals surface area contributed by atoms with E-state index in [1.54, 1.807) is 6.92 Å². The topological polar surface area (TPSA) is 88.3 Å². The van der Waals surface area contributed by atoms with Crippen molar-refractivity contribution in [3.8, 4) is 5.75 Å². The van der Waals surface area contributed by atoms with Crippen LogP contribution in [0.5, 0.6) is 5.75 Å². The molecule has 0 saturated heterocycles. The number of hydrogen-bond donors (Lipinski definition) is 2. The summed E-state index contributed by atoms with van der Waals surface area (Å²) in [7, 11) is -1.47. The minimum absolute atomic E-state index is 0.0880. The molecule has 2 aromatic rings. The number of hydrogen-bond acceptors (Lipinski definition) is 4. The van der Waals surface area contributed by atoms with Crippen molar-refractivity contribution in [2.75, 3.05) is 11.9 Å². The Morgan fingerprint density at radius 1 is 1.30 bits per heavy atom. The molecule has 27 heavy (non-hydrogen) atoms. The highest BCUT2D eigenvalue weighted by molar-refractivity contribution is 7.85. The van der Waals surface area contributed by atoms with E-state index >= 15 is 0 Å². The van der Waals surface area contributed by atoms with Crippen LogP contribution < -0.4 is 15.5 Å². The summed E-state index contributed by atoms with van der Waals surface area (Å²) in [4.78, 5) is 27.4. The monoisotopic (exact) mass is 390 g/mol. The maximum atomic E-state index is 12.6. The van der Waals surface area contributed by atoms with E-state index in [-0.39, 0.29) is 22.8 Å². The molecule has 2 atom stereocenters. The number of H-pyrrole nitrogens is 1. The van der Waals surface area contributed by atoms with Gasteiger partial charge in [-0.2, -0.15) is 0 Å². The normalized spacial score (nSPS) is 13.0. The van der Waals surface area contributed by atoms with Crippen molar-refractivity contribution < 1.29 is 13.7 Å². The summed E-state index contributed by atoms with van der Waals surface area (Å²) in [5, 5.41) is 2.12.